The molecule has 1 heterocycles. The predicted molar refractivity (Wildman–Crippen MR) is 92.5 cm³/mol. The maximum atomic E-state index is 12.4. The first kappa shape index (κ1) is 17.6. The van der Waals surface area contributed by atoms with Gasteiger partial charge in [0.05, 0.1) is 29.6 Å². The van der Waals surface area contributed by atoms with Gasteiger partial charge < -0.3 is 4.74 Å². The number of nitrogens with zero attached hydrogens (tertiary/aromatic N) is 2. The molecule has 1 aliphatic rings. The molecule has 0 bridgehead atoms. The van der Waals surface area contributed by atoms with Gasteiger partial charge in [0.1, 0.15) is 0 Å². The standard InChI is InChI=1S/C18H19N3O3S/c19-11-16-12-21(20-25(22,23)17-9-5-2-6-10-17)13-18(16)24-14-15-7-3-1-4-8-15/h1-10,16,18,20H,12-14H2/t16-,18-/m1/s1. The molecule has 2 aromatic carbocycles. The van der Waals surface area contributed by atoms with Crippen LogP contribution in [-0.2, 0) is 21.4 Å². The summed E-state index contributed by atoms with van der Waals surface area (Å²) in [5, 5.41) is 10.9. The van der Waals surface area contributed by atoms with Crippen molar-refractivity contribution in [1.29, 1.82) is 5.26 Å². The summed E-state index contributed by atoms with van der Waals surface area (Å²) in [6.07, 6.45) is -0.344. The smallest absolute Gasteiger partial charge is 0.253 e. The number of sulfonamides is 1. The molecule has 7 heteroatoms. The minimum absolute atomic E-state index is 0.192. The van der Waals surface area contributed by atoms with Crippen LogP contribution in [0.5, 0.6) is 0 Å². The monoisotopic (exact) mass is 357 g/mol. The molecule has 1 aliphatic heterocycles. The van der Waals surface area contributed by atoms with Crippen LogP contribution in [0.4, 0.5) is 0 Å². The highest BCUT2D eigenvalue weighted by Gasteiger charge is 2.35. The molecule has 0 spiro atoms. The Hall–Kier alpha value is -2.24. The SMILES string of the molecule is N#C[C@@H]1CN(NS(=O)(=O)c2ccccc2)C[C@H]1OCc1ccccc1. The quantitative estimate of drug-likeness (QED) is 0.854. The Balaban J connectivity index is 1.62. The number of nitrogens with one attached hydrogen (secondary N) is 1. The van der Waals surface area contributed by atoms with E-state index < -0.39 is 10.0 Å². The third-order valence-corrected chi connectivity index (χ3v) is 5.43. The van der Waals surface area contributed by atoms with Crippen molar-refractivity contribution in [1.82, 2.24) is 9.84 Å². The van der Waals surface area contributed by atoms with Crippen LogP contribution < -0.4 is 4.83 Å². The van der Waals surface area contributed by atoms with Crippen molar-refractivity contribution in [2.75, 3.05) is 13.1 Å². The molecule has 25 heavy (non-hydrogen) atoms. The molecular formula is C18H19N3O3S. The lowest BCUT2D eigenvalue weighted by Gasteiger charge is -2.17. The molecular weight excluding hydrogens is 338 g/mol. The molecule has 0 aliphatic carbocycles. The van der Waals surface area contributed by atoms with Gasteiger partial charge in [-0.1, -0.05) is 48.5 Å². The average Bonchev–Trinajstić information content (AvgIpc) is 3.02. The summed E-state index contributed by atoms with van der Waals surface area (Å²) in [4.78, 5) is 2.73. The summed E-state index contributed by atoms with van der Waals surface area (Å²) in [6, 6.07) is 20.0. The number of nitriles is 1. The number of hydrazine groups is 1. The van der Waals surface area contributed by atoms with Crippen molar-refractivity contribution in [3.05, 3.63) is 66.2 Å². The lowest BCUT2D eigenvalue weighted by molar-refractivity contribution is 0.0321. The fourth-order valence-corrected chi connectivity index (χ4v) is 3.85. The van der Waals surface area contributed by atoms with E-state index in [4.69, 9.17) is 4.74 Å². The topological polar surface area (TPSA) is 82.4 Å². The van der Waals surface area contributed by atoms with Gasteiger partial charge in [0.2, 0.25) is 0 Å². The van der Waals surface area contributed by atoms with Gasteiger partial charge in [-0.3, -0.25) is 0 Å². The van der Waals surface area contributed by atoms with Gasteiger partial charge in [0, 0.05) is 13.1 Å². The second-order valence-electron chi connectivity index (χ2n) is 5.88. The minimum atomic E-state index is -3.65. The summed E-state index contributed by atoms with van der Waals surface area (Å²) in [7, 11) is -3.65. The zero-order valence-electron chi connectivity index (χ0n) is 13.6. The average molecular weight is 357 g/mol. The van der Waals surface area contributed by atoms with Crippen molar-refractivity contribution in [3.8, 4) is 6.07 Å². The summed E-state index contributed by atoms with van der Waals surface area (Å²) < 4.78 is 30.6. The Morgan fingerprint density at radius 2 is 1.72 bits per heavy atom. The Morgan fingerprint density at radius 1 is 1.08 bits per heavy atom. The molecule has 0 aromatic heterocycles. The highest BCUT2D eigenvalue weighted by Crippen LogP contribution is 2.21. The van der Waals surface area contributed by atoms with Gasteiger partial charge in [-0.05, 0) is 17.7 Å². The van der Waals surface area contributed by atoms with Crippen molar-refractivity contribution in [2.24, 2.45) is 5.92 Å². The van der Waals surface area contributed by atoms with E-state index in [2.05, 4.69) is 10.9 Å². The Kier molecular flexibility index (Phi) is 5.46. The first-order chi connectivity index (χ1) is 12.1. The summed E-state index contributed by atoms with van der Waals surface area (Å²) >= 11 is 0. The first-order valence-corrected chi connectivity index (χ1v) is 9.44. The lowest BCUT2D eigenvalue weighted by Crippen LogP contribution is -2.41. The van der Waals surface area contributed by atoms with Crippen LogP contribution in [0.1, 0.15) is 5.56 Å². The molecule has 1 fully saturated rings. The highest BCUT2D eigenvalue weighted by atomic mass is 32.2. The largest absolute Gasteiger partial charge is 0.371 e. The number of ether oxygens (including phenoxy) is 1. The maximum Gasteiger partial charge on any atom is 0.253 e. The molecule has 0 radical (unpaired) electrons. The third kappa shape index (κ3) is 4.44. The first-order valence-electron chi connectivity index (χ1n) is 7.96. The number of hydrogen-bond donors (Lipinski definition) is 1. The highest BCUT2D eigenvalue weighted by molar-refractivity contribution is 7.89. The van der Waals surface area contributed by atoms with Crippen LogP contribution in [0.3, 0.4) is 0 Å². The summed E-state index contributed by atoms with van der Waals surface area (Å²) in [5.41, 5.74) is 1.02. The fraction of sp³-hybridized carbons (Fsp3) is 0.278. The van der Waals surface area contributed by atoms with Crippen LogP contribution in [0.15, 0.2) is 65.6 Å². The third-order valence-electron chi connectivity index (χ3n) is 4.04. The van der Waals surface area contributed by atoms with Gasteiger partial charge in [0.25, 0.3) is 10.0 Å². The van der Waals surface area contributed by atoms with Crippen LogP contribution >= 0.6 is 0 Å². The van der Waals surface area contributed by atoms with Crippen LogP contribution in [0.25, 0.3) is 0 Å². The Bertz CT molecular complexity index is 835. The van der Waals surface area contributed by atoms with E-state index in [1.807, 2.05) is 30.3 Å². The molecule has 0 amide bonds. The fourth-order valence-electron chi connectivity index (χ4n) is 2.74. The van der Waals surface area contributed by atoms with Crippen molar-refractivity contribution < 1.29 is 13.2 Å². The van der Waals surface area contributed by atoms with E-state index in [0.29, 0.717) is 19.7 Å². The van der Waals surface area contributed by atoms with Crippen LogP contribution in [0, 0.1) is 17.2 Å². The molecule has 0 unspecified atom stereocenters. The second-order valence-corrected chi connectivity index (χ2v) is 7.54. The van der Waals surface area contributed by atoms with E-state index >= 15 is 0 Å². The van der Waals surface area contributed by atoms with Gasteiger partial charge in [-0.25, -0.2) is 13.4 Å². The predicted octanol–water partition coefficient (Wildman–Crippen LogP) is 1.92. The van der Waals surface area contributed by atoms with E-state index in [1.165, 1.54) is 17.1 Å². The lowest BCUT2D eigenvalue weighted by atomic mass is 10.1. The van der Waals surface area contributed by atoms with E-state index in [9.17, 15) is 13.7 Å². The molecule has 2 atom stereocenters. The molecule has 6 nitrogen and oxygen atoms in total. The number of benzene rings is 2. The Labute approximate surface area is 147 Å². The molecule has 1 saturated heterocycles. The van der Waals surface area contributed by atoms with Gasteiger partial charge >= 0.3 is 0 Å². The molecule has 2 aromatic rings. The van der Waals surface area contributed by atoms with Gasteiger partial charge in [-0.15, -0.1) is 4.83 Å². The zero-order chi connectivity index (χ0) is 17.7. The van der Waals surface area contributed by atoms with E-state index in [1.54, 1.807) is 18.2 Å². The van der Waals surface area contributed by atoms with E-state index in [0.717, 1.165) is 5.56 Å². The summed E-state index contributed by atoms with van der Waals surface area (Å²) in [6.45, 7) is 1.02. The number of hydrogen-bond acceptors (Lipinski definition) is 5. The van der Waals surface area contributed by atoms with Crippen LogP contribution in [0.2, 0.25) is 0 Å². The molecule has 0 saturated carbocycles. The molecule has 130 valence electrons. The maximum absolute atomic E-state index is 12.4. The van der Waals surface area contributed by atoms with Crippen molar-refractivity contribution in [2.45, 2.75) is 17.6 Å². The van der Waals surface area contributed by atoms with Crippen molar-refractivity contribution >= 4 is 10.0 Å². The number of rotatable bonds is 6. The molecule has 3 rings (SSSR count). The summed E-state index contributed by atoms with van der Waals surface area (Å²) in [5.74, 6) is -0.387. The van der Waals surface area contributed by atoms with Crippen molar-refractivity contribution in [3.63, 3.8) is 0 Å². The zero-order valence-corrected chi connectivity index (χ0v) is 14.4. The molecule has 1 N–H and O–H groups in total. The van der Waals surface area contributed by atoms with Gasteiger partial charge in [-0.2, -0.15) is 5.26 Å². The van der Waals surface area contributed by atoms with Crippen LogP contribution in [-0.4, -0.2) is 32.6 Å². The second kappa shape index (κ2) is 7.76. The normalized spacial score (nSPS) is 21.1. The minimum Gasteiger partial charge on any atom is -0.371 e. The Morgan fingerprint density at radius 3 is 2.36 bits per heavy atom. The van der Waals surface area contributed by atoms with E-state index in [-0.39, 0.29) is 16.9 Å². The van der Waals surface area contributed by atoms with Gasteiger partial charge in [0.15, 0.2) is 0 Å².